The molecule has 0 amide bonds. The van der Waals surface area contributed by atoms with Crippen LogP contribution in [0.2, 0.25) is 0 Å². The fourth-order valence-corrected chi connectivity index (χ4v) is 2.00. The molecule has 18 heavy (non-hydrogen) atoms. The van der Waals surface area contributed by atoms with Crippen molar-refractivity contribution in [1.82, 2.24) is 9.97 Å². The molecule has 0 bridgehead atoms. The van der Waals surface area contributed by atoms with Crippen LogP contribution in [0.4, 0.5) is 0 Å². The van der Waals surface area contributed by atoms with E-state index in [-0.39, 0.29) is 0 Å². The molecule has 0 radical (unpaired) electrons. The van der Waals surface area contributed by atoms with Crippen molar-refractivity contribution in [3.05, 3.63) is 45.9 Å². The Morgan fingerprint density at radius 1 is 1.28 bits per heavy atom. The van der Waals surface area contributed by atoms with E-state index < -0.39 is 0 Å². The van der Waals surface area contributed by atoms with E-state index in [0.717, 1.165) is 15.7 Å². The van der Waals surface area contributed by atoms with E-state index in [9.17, 15) is 0 Å². The highest BCUT2D eigenvalue weighted by Crippen LogP contribution is 2.26. The van der Waals surface area contributed by atoms with Gasteiger partial charge < -0.3 is 4.74 Å². The Morgan fingerprint density at radius 2 is 2.00 bits per heavy atom. The van der Waals surface area contributed by atoms with Gasteiger partial charge in [0, 0.05) is 6.20 Å². The van der Waals surface area contributed by atoms with E-state index in [1.807, 2.05) is 12.1 Å². The lowest BCUT2D eigenvalue weighted by molar-refractivity contribution is 0.457. The van der Waals surface area contributed by atoms with Gasteiger partial charge in [-0.15, -0.1) is 0 Å². The van der Waals surface area contributed by atoms with Crippen molar-refractivity contribution in [3.63, 3.8) is 0 Å². The number of halogens is 1. The Bertz CT molecular complexity index is 513. The average molecular weight is 354 g/mol. The number of hydrogen-bond acceptors (Lipinski definition) is 3. The van der Waals surface area contributed by atoms with Crippen molar-refractivity contribution in [2.24, 2.45) is 0 Å². The predicted octanol–water partition coefficient (Wildman–Crippen LogP) is 4.39. The smallest absolute Gasteiger partial charge is 0.235 e. The summed E-state index contributed by atoms with van der Waals surface area (Å²) >= 11 is 2.16. The molecule has 0 aliphatic heterocycles. The zero-order chi connectivity index (χ0) is 13.0. The van der Waals surface area contributed by atoms with Crippen LogP contribution in [-0.4, -0.2) is 9.97 Å². The molecule has 4 heteroatoms. The molecule has 0 saturated carbocycles. The third-order valence-electron chi connectivity index (χ3n) is 2.91. The molecule has 2 rings (SSSR count). The fraction of sp³-hybridized carbons (Fsp3) is 0.286. The molecular formula is C14H15IN2O. The summed E-state index contributed by atoms with van der Waals surface area (Å²) in [5, 5.41) is 0. The van der Waals surface area contributed by atoms with E-state index in [0.29, 0.717) is 11.8 Å². The summed E-state index contributed by atoms with van der Waals surface area (Å²) in [5.74, 6) is 1.98. The first kappa shape index (κ1) is 13.3. The zero-order valence-corrected chi connectivity index (χ0v) is 12.6. The second-order valence-corrected chi connectivity index (χ2v) is 5.32. The van der Waals surface area contributed by atoms with E-state index >= 15 is 0 Å². The van der Waals surface area contributed by atoms with Gasteiger partial charge in [-0.3, -0.25) is 0 Å². The van der Waals surface area contributed by atoms with Crippen LogP contribution in [0, 0.1) is 3.57 Å². The highest BCUT2D eigenvalue weighted by molar-refractivity contribution is 14.1. The first-order chi connectivity index (χ1) is 8.70. The molecule has 0 aliphatic rings. The van der Waals surface area contributed by atoms with Gasteiger partial charge in [-0.2, -0.15) is 0 Å². The van der Waals surface area contributed by atoms with Gasteiger partial charge in [0.2, 0.25) is 5.88 Å². The van der Waals surface area contributed by atoms with Crippen LogP contribution < -0.4 is 4.74 Å². The van der Waals surface area contributed by atoms with Crippen molar-refractivity contribution >= 4 is 22.6 Å². The highest BCUT2D eigenvalue weighted by Gasteiger charge is 2.06. The van der Waals surface area contributed by atoms with Gasteiger partial charge in [-0.05, 0) is 52.6 Å². The first-order valence-corrected chi connectivity index (χ1v) is 7.02. The first-order valence-electron chi connectivity index (χ1n) is 5.94. The molecule has 1 aromatic carbocycles. The molecule has 1 aromatic heterocycles. The van der Waals surface area contributed by atoms with Gasteiger partial charge in [-0.1, -0.05) is 26.0 Å². The lowest BCUT2D eigenvalue weighted by Crippen LogP contribution is -1.94. The maximum absolute atomic E-state index is 5.72. The molecule has 1 atom stereocenters. The Balaban J connectivity index is 2.14. The minimum atomic E-state index is 0.582. The zero-order valence-electron chi connectivity index (χ0n) is 10.4. The Kier molecular flexibility index (Phi) is 4.52. The molecule has 94 valence electrons. The van der Waals surface area contributed by atoms with Gasteiger partial charge >= 0.3 is 0 Å². The average Bonchev–Trinajstić information content (AvgIpc) is 2.41. The standard InChI is InChI=1S/C14H15IN2O/c1-3-10(2)11-4-6-12(7-5-11)18-14-13(15)8-16-9-17-14/h4-10H,3H2,1-2H3. The number of benzene rings is 1. The third kappa shape index (κ3) is 3.19. The number of ether oxygens (including phenoxy) is 1. The van der Waals surface area contributed by atoms with Crippen LogP contribution in [0.5, 0.6) is 11.6 Å². The molecule has 0 spiro atoms. The lowest BCUT2D eigenvalue weighted by atomic mass is 9.99. The van der Waals surface area contributed by atoms with Crippen molar-refractivity contribution in [2.45, 2.75) is 26.2 Å². The topological polar surface area (TPSA) is 35.0 Å². The lowest BCUT2D eigenvalue weighted by Gasteiger charge is -2.10. The van der Waals surface area contributed by atoms with Crippen molar-refractivity contribution < 1.29 is 4.74 Å². The van der Waals surface area contributed by atoms with Gasteiger partial charge in [0.25, 0.3) is 0 Å². The van der Waals surface area contributed by atoms with E-state index in [1.54, 1.807) is 6.20 Å². The van der Waals surface area contributed by atoms with E-state index in [2.05, 4.69) is 58.5 Å². The third-order valence-corrected chi connectivity index (χ3v) is 3.65. The van der Waals surface area contributed by atoms with Gasteiger partial charge in [0.15, 0.2) is 0 Å². The van der Waals surface area contributed by atoms with E-state index in [4.69, 9.17) is 4.74 Å². The SMILES string of the molecule is CCC(C)c1ccc(Oc2ncncc2I)cc1. The molecule has 0 saturated heterocycles. The van der Waals surface area contributed by atoms with Crippen LogP contribution in [0.1, 0.15) is 31.7 Å². The van der Waals surface area contributed by atoms with Crippen molar-refractivity contribution in [2.75, 3.05) is 0 Å². The number of nitrogens with zero attached hydrogens (tertiary/aromatic N) is 2. The summed E-state index contributed by atoms with van der Waals surface area (Å²) < 4.78 is 6.62. The second-order valence-electron chi connectivity index (χ2n) is 4.16. The summed E-state index contributed by atoms with van der Waals surface area (Å²) in [6.45, 7) is 4.42. The normalized spacial score (nSPS) is 12.2. The Hall–Kier alpha value is -1.17. The Labute approximate surface area is 121 Å². The van der Waals surface area contributed by atoms with Gasteiger partial charge in [0.1, 0.15) is 12.1 Å². The largest absolute Gasteiger partial charge is 0.438 e. The van der Waals surface area contributed by atoms with E-state index in [1.165, 1.54) is 11.9 Å². The molecule has 1 unspecified atom stereocenters. The number of hydrogen-bond donors (Lipinski definition) is 0. The summed E-state index contributed by atoms with van der Waals surface area (Å²) in [5.41, 5.74) is 1.34. The highest BCUT2D eigenvalue weighted by atomic mass is 127. The van der Waals surface area contributed by atoms with Crippen LogP contribution in [0.15, 0.2) is 36.8 Å². The van der Waals surface area contributed by atoms with Crippen LogP contribution in [0.3, 0.4) is 0 Å². The van der Waals surface area contributed by atoms with Crippen LogP contribution in [-0.2, 0) is 0 Å². The molecule has 2 aromatic rings. The Morgan fingerprint density at radius 3 is 2.61 bits per heavy atom. The minimum absolute atomic E-state index is 0.582. The monoisotopic (exact) mass is 354 g/mol. The maximum atomic E-state index is 5.72. The summed E-state index contributed by atoms with van der Waals surface area (Å²) in [6, 6.07) is 8.19. The number of aromatic nitrogens is 2. The molecular weight excluding hydrogens is 339 g/mol. The van der Waals surface area contributed by atoms with Crippen molar-refractivity contribution in [3.8, 4) is 11.6 Å². The molecule has 3 nitrogen and oxygen atoms in total. The molecule has 0 fully saturated rings. The molecule has 1 heterocycles. The second kappa shape index (κ2) is 6.13. The number of rotatable bonds is 4. The maximum Gasteiger partial charge on any atom is 0.235 e. The van der Waals surface area contributed by atoms with Crippen LogP contribution >= 0.6 is 22.6 Å². The van der Waals surface area contributed by atoms with Crippen molar-refractivity contribution in [1.29, 1.82) is 0 Å². The quantitative estimate of drug-likeness (QED) is 0.764. The van der Waals surface area contributed by atoms with Gasteiger partial charge in [-0.25, -0.2) is 9.97 Å². The summed E-state index contributed by atoms with van der Waals surface area (Å²) in [7, 11) is 0. The van der Waals surface area contributed by atoms with Gasteiger partial charge in [0.05, 0.1) is 3.57 Å². The van der Waals surface area contributed by atoms with Crippen LogP contribution in [0.25, 0.3) is 0 Å². The molecule has 0 aliphatic carbocycles. The molecule has 0 N–H and O–H groups in total. The summed E-state index contributed by atoms with van der Waals surface area (Å²) in [6.07, 6.45) is 4.37. The minimum Gasteiger partial charge on any atom is -0.438 e. The predicted molar refractivity (Wildman–Crippen MR) is 80.0 cm³/mol. The summed E-state index contributed by atoms with van der Waals surface area (Å²) in [4.78, 5) is 8.04. The fourth-order valence-electron chi connectivity index (χ4n) is 1.59.